The summed E-state index contributed by atoms with van der Waals surface area (Å²) in [5, 5.41) is 47.7. The van der Waals surface area contributed by atoms with E-state index in [9.17, 15) is 5.11 Å². The van der Waals surface area contributed by atoms with Gasteiger partial charge < -0.3 is 25.5 Å². The van der Waals surface area contributed by atoms with Gasteiger partial charge in [0.05, 0.1) is 6.10 Å². The molecule has 1 rings (SSSR count). The first-order valence-electron chi connectivity index (χ1n) is 4.13. The minimum atomic E-state index is -1.27. The second kappa shape index (κ2) is 4.32. The van der Waals surface area contributed by atoms with Gasteiger partial charge in [0.2, 0.25) is 0 Å². The summed E-state index contributed by atoms with van der Waals surface area (Å²) in [6, 6.07) is -0.681. The SMILES string of the molecule is OCC(CO)[C@@H]1NC(O)[C@@H](O)[C@H]1O. The second-order valence-corrected chi connectivity index (χ2v) is 3.24. The van der Waals surface area contributed by atoms with Crippen LogP contribution < -0.4 is 5.32 Å². The lowest BCUT2D eigenvalue weighted by molar-refractivity contribution is -0.0288. The van der Waals surface area contributed by atoms with Gasteiger partial charge in [0.25, 0.3) is 0 Å². The maximum atomic E-state index is 9.37. The number of hydrogen-bond donors (Lipinski definition) is 6. The first-order valence-corrected chi connectivity index (χ1v) is 4.13. The smallest absolute Gasteiger partial charge is 0.134 e. The molecule has 0 spiro atoms. The van der Waals surface area contributed by atoms with Crippen LogP contribution in [-0.2, 0) is 0 Å². The van der Waals surface area contributed by atoms with Crippen LogP contribution in [0.1, 0.15) is 0 Å². The van der Waals surface area contributed by atoms with Crippen LogP contribution in [0, 0.1) is 5.92 Å². The van der Waals surface area contributed by atoms with E-state index in [0.717, 1.165) is 0 Å². The third kappa shape index (κ3) is 1.98. The third-order valence-corrected chi connectivity index (χ3v) is 2.38. The summed E-state index contributed by atoms with van der Waals surface area (Å²) in [6.07, 6.45) is -3.65. The molecule has 1 unspecified atom stereocenters. The molecule has 1 saturated heterocycles. The van der Waals surface area contributed by atoms with E-state index in [2.05, 4.69) is 5.32 Å². The quantitative estimate of drug-likeness (QED) is 0.278. The Balaban J connectivity index is 2.61. The molecule has 0 radical (unpaired) electrons. The van der Waals surface area contributed by atoms with E-state index in [1.807, 2.05) is 0 Å². The van der Waals surface area contributed by atoms with E-state index >= 15 is 0 Å². The molecule has 0 aromatic carbocycles. The van der Waals surface area contributed by atoms with E-state index < -0.39 is 30.4 Å². The Labute approximate surface area is 75.4 Å². The lowest BCUT2D eigenvalue weighted by atomic mass is 9.97. The number of aliphatic hydroxyl groups is 5. The van der Waals surface area contributed by atoms with Crippen LogP contribution >= 0.6 is 0 Å². The van der Waals surface area contributed by atoms with Crippen molar-refractivity contribution in [1.29, 1.82) is 0 Å². The van der Waals surface area contributed by atoms with Crippen molar-refractivity contribution in [2.24, 2.45) is 5.92 Å². The first kappa shape index (κ1) is 10.8. The summed E-state index contributed by atoms with van der Waals surface area (Å²) in [5.74, 6) is -0.582. The third-order valence-electron chi connectivity index (χ3n) is 2.38. The standard InChI is InChI=1S/C7H15NO5/c9-1-3(2-10)4-5(11)6(12)7(13)8-4/h3-13H,1-2H2/t4-,5-,6-,7?/m0/s1. The van der Waals surface area contributed by atoms with Gasteiger partial charge in [0.15, 0.2) is 0 Å². The highest BCUT2D eigenvalue weighted by Crippen LogP contribution is 2.18. The van der Waals surface area contributed by atoms with Gasteiger partial charge in [-0.2, -0.15) is 0 Å². The van der Waals surface area contributed by atoms with Gasteiger partial charge in [0.1, 0.15) is 12.3 Å². The van der Waals surface area contributed by atoms with Gasteiger partial charge in [-0.05, 0) is 0 Å². The number of rotatable bonds is 3. The summed E-state index contributed by atoms with van der Waals surface area (Å²) >= 11 is 0. The predicted octanol–water partition coefficient (Wildman–Crippen LogP) is -3.40. The Morgan fingerprint density at radius 3 is 1.85 bits per heavy atom. The highest BCUT2D eigenvalue weighted by molar-refractivity contribution is 4.96. The highest BCUT2D eigenvalue weighted by Gasteiger charge is 2.43. The van der Waals surface area contributed by atoms with Crippen molar-refractivity contribution in [2.45, 2.75) is 24.5 Å². The molecule has 6 N–H and O–H groups in total. The van der Waals surface area contributed by atoms with E-state index in [1.165, 1.54) is 0 Å². The zero-order valence-electron chi connectivity index (χ0n) is 7.04. The van der Waals surface area contributed by atoms with Crippen LogP contribution in [0.25, 0.3) is 0 Å². The Morgan fingerprint density at radius 1 is 1.00 bits per heavy atom. The van der Waals surface area contributed by atoms with Crippen LogP contribution in [0.4, 0.5) is 0 Å². The predicted molar refractivity (Wildman–Crippen MR) is 42.6 cm³/mol. The van der Waals surface area contributed by atoms with Gasteiger partial charge in [-0.1, -0.05) is 0 Å². The van der Waals surface area contributed by atoms with Crippen molar-refractivity contribution in [3.63, 3.8) is 0 Å². The molecule has 0 bridgehead atoms. The van der Waals surface area contributed by atoms with E-state index in [-0.39, 0.29) is 13.2 Å². The molecule has 0 aliphatic carbocycles. The zero-order chi connectivity index (χ0) is 10.0. The molecule has 1 aliphatic rings. The fraction of sp³-hybridized carbons (Fsp3) is 1.00. The summed E-state index contributed by atoms with van der Waals surface area (Å²) in [6.45, 7) is -0.630. The van der Waals surface area contributed by atoms with E-state index in [4.69, 9.17) is 20.4 Å². The number of nitrogens with one attached hydrogen (secondary N) is 1. The topological polar surface area (TPSA) is 113 Å². The molecule has 4 atom stereocenters. The molecular weight excluding hydrogens is 178 g/mol. The van der Waals surface area contributed by atoms with Gasteiger partial charge in [-0.3, -0.25) is 5.32 Å². The molecule has 1 aliphatic heterocycles. The molecule has 1 heterocycles. The molecule has 0 aromatic heterocycles. The Hall–Kier alpha value is -0.240. The average Bonchev–Trinajstić information content (AvgIpc) is 2.36. The van der Waals surface area contributed by atoms with Gasteiger partial charge >= 0.3 is 0 Å². The van der Waals surface area contributed by atoms with Crippen molar-refractivity contribution in [2.75, 3.05) is 13.2 Å². The molecule has 78 valence electrons. The Bertz CT molecular complexity index is 161. The molecule has 0 saturated carbocycles. The first-order chi connectivity index (χ1) is 6.11. The zero-order valence-corrected chi connectivity index (χ0v) is 7.04. The Kier molecular flexibility index (Phi) is 3.60. The van der Waals surface area contributed by atoms with Crippen molar-refractivity contribution in [3.05, 3.63) is 0 Å². The molecule has 0 aromatic rings. The second-order valence-electron chi connectivity index (χ2n) is 3.24. The molecular formula is C7H15NO5. The fourth-order valence-electron chi connectivity index (χ4n) is 1.49. The summed E-state index contributed by atoms with van der Waals surface area (Å²) in [4.78, 5) is 0. The van der Waals surface area contributed by atoms with Crippen LogP contribution in [0.15, 0.2) is 0 Å². The van der Waals surface area contributed by atoms with E-state index in [0.29, 0.717) is 0 Å². The average molecular weight is 193 g/mol. The maximum Gasteiger partial charge on any atom is 0.134 e. The molecule has 13 heavy (non-hydrogen) atoms. The Morgan fingerprint density at radius 2 is 1.54 bits per heavy atom. The maximum absolute atomic E-state index is 9.37. The highest BCUT2D eigenvalue weighted by atomic mass is 16.4. The van der Waals surface area contributed by atoms with Crippen LogP contribution in [0.3, 0.4) is 0 Å². The molecule has 1 fully saturated rings. The lowest BCUT2D eigenvalue weighted by Crippen LogP contribution is -2.43. The molecule has 6 nitrogen and oxygen atoms in total. The van der Waals surface area contributed by atoms with Crippen LogP contribution in [0.5, 0.6) is 0 Å². The monoisotopic (exact) mass is 193 g/mol. The number of hydrogen-bond acceptors (Lipinski definition) is 6. The van der Waals surface area contributed by atoms with E-state index in [1.54, 1.807) is 0 Å². The van der Waals surface area contributed by atoms with Crippen molar-refractivity contribution >= 4 is 0 Å². The van der Waals surface area contributed by atoms with Gasteiger partial charge in [-0.25, -0.2) is 0 Å². The lowest BCUT2D eigenvalue weighted by Gasteiger charge is -2.22. The largest absolute Gasteiger partial charge is 0.396 e. The normalized spacial score (nSPS) is 40.2. The van der Waals surface area contributed by atoms with Gasteiger partial charge in [-0.15, -0.1) is 0 Å². The van der Waals surface area contributed by atoms with Crippen molar-refractivity contribution < 1.29 is 25.5 Å². The summed E-state index contributed by atoms with van der Waals surface area (Å²) in [5.41, 5.74) is 0. The number of aliphatic hydroxyl groups excluding tert-OH is 5. The molecule has 0 amide bonds. The van der Waals surface area contributed by atoms with Crippen molar-refractivity contribution in [1.82, 2.24) is 5.32 Å². The van der Waals surface area contributed by atoms with Crippen molar-refractivity contribution in [3.8, 4) is 0 Å². The minimum absolute atomic E-state index is 0.315. The van der Waals surface area contributed by atoms with Gasteiger partial charge in [0, 0.05) is 25.2 Å². The fourth-order valence-corrected chi connectivity index (χ4v) is 1.49. The van der Waals surface area contributed by atoms with Crippen LogP contribution in [0.2, 0.25) is 0 Å². The minimum Gasteiger partial charge on any atom is -0.396 e. The van der Waals surface area contributed by atoms with Crippen LogP contribution in [-0.4, -0.2) is 63.2 Å². The summed E-state index contributed by atoms with van der Waals surface area (Å²) < 4.78 is 0. The summed E-state index contributed by atoms with van der Waals surface area (Å²) in [7, 11) is 0. The molecule has 6 heteroatoms.